The number of nitrogens with one attached hydrogen (secondary N) is 1. The van der Waals surface area contributed by atoms with Crippen molar-refractivity contribution in [3.8, 4) is 0 Å². The Kier molecular flexibility index (Phi) is 3.30. The molecule has 0 amide bonds. The van der Waals surface area contributed by atoms with Gasteiger partial charge in [0.2, 0.25) is 11.7 Å². The van der Waals surface area contributed by atoms with Crippen LogP contribution < -0.4 is 5.32 Å². The van der Waals surface area contributed by atoms with Crippen molar-refractivity contribution in [2.24, 2.45) is 0 Å². The van der Waals surface area contributed by atoms with Crippen LogP contribution in [0, 0.1) is 0 Å². The molecule has 0 bridgehead atoms. The van der Waals surface area contributed by atoms with Crippen LogP contribution in [0.4, 0.5) is 5.69 Å². The van der Waals surface area contributed by atoms with Crippen LogP contribution in [0.2, 0.25) is 5.02 Å². The van der Waals surface area contributed by atoms with E-state index in [1.54, 1.807) is 6.07 Å². The third-order valence-corrected chi connectivity index (χ3v) is 2.40. The summed E-state index contributed by atoms with van der Waals surface area (Å²) in [5.74, 6) is -1.02. The number of aromatic nitrogens is 1. The molecule has 0 spiro atoms. The zero-order valence-electron chi connectivity index (χ0n) is 8.68. The fourth-order valence-corrected chi connectivity index (χ4v) is 1.47. The average Bonchev–Trinajstić information content (AvgIpc) is 2.77. The van der Waals surface area contributed by atoms with Gasteiger partial charge in [0.25, 0.3) is 0 Å². The predicted molar refractivity (Wildman–Crippen MR) is 62.2 cm³/mol. The first-order chi connectivity index (χ1) is 8.16. The number of carboxylic acid groups (broad SMARTS) is 1. The van der Waals surface area contributed by atoms with E-state index in [-0.39, 0.29) is 12.3 Å². The zero-order valence-corrected chi connectivity index (χ0v) is 9.44. The van der Waals surface area contributed by atoms with Crippen LogP contribution >= 0.6 is 11.6 Å². The molecule has 1 aromatic heterocycles. The minimum atomic E-state index is -1.14. The molecule has 0 radical (unpaired) electrons. The maximum absolute atomic E-state index is 10.6. The molecule has 2 rings (SSSR count). The van der Waals surface area contributed by atoms with Gasteiger partial charge in [-0.1, -0.05) is 23.7 Å². The summed E-state index contributed by atoms with van der Waals surface area (Å²) in [6, 6.07) is 7.22. The van der Waals surface area contributed by atoms with Crippen LogP contribution in [-0.4, -0.2) is 16.1 Å². The van der Waals surface area contributed by atoms with E-state index < -0.39 is 5.97 Å². The summed E-state index contributed by atoms with van der Waals surface area (Å²) in [6.45, 7) is 0.275. The van der Waals surface area contributed by atoms with Gasteiger partial charge in [0, 0.05) is 0 Å². The van der Waals surface area contributed by atoms with Crippen LogP contribution in [0.1, 0.15) is 16.4 Å². The van der Waals surface area contributed by atoms with Crippen molar-refractivity contribution in [3.63, 3.8) is 0 Å². The van der Waals surface area contributed by atoms with Crippen molar-refractivity contribution in [1.82, 2.24) is 4.98 Å². The fraction of sp³-hybridized carbons (Fsp3) is 0.0909. The highest BCUT2D eigenvalue weighted by Gasteiger charge is 2.10. The molecular weight excluding hydrogens is 244 g/mol. The Morgan fingerprint density at radius 2 is 2.24 bits per heavy atom. The van der Waals surface area contributed by atoms with E-state index in [0.717, 1.165) is 5.69 Å². The van der Waals surface area contributed by atoms with Gasteiger partial charge in [-0.2, -0.15) is 0 Å². The van der Waals surface area contributed by atoms with Crippen molar-refractivity contribution in [2.45, 2.75) is 6.54 Å². The number of rotatable bonds is 4. The molecule has 1 aromatic carbocycles. The summed E-state index contributed by atoms with van der Waals surface area (Å²) in [4.78, 5) is 14.4. The number of benzene rings is 1. The highest BCUT2D eigenvalue weighted by Crippen LogP contribution is 2.21. The summed E-state index contributed by atoms with van der Waals surface area (Å²) < 4.78 is 4.99. The van der Waals surface area contributed by atoms with Gasteiger partial charge in [-0.25, -0.2) is 9.78 Å². The SMILES string of the molecule is O=C(O)c1cnc(CNc2ccccc2Cl)o1. The first kappa shape index (κ1) is 11.5. The topological polar surface area (TPSA) is 75.4 Å². The van der Waals surface area contributed by atoms with Crippen molar-refractivity contribution in [3.05, 3.63) is 47.1 Å². The third-order valence-electron chi connectivity index (χ3n) is 2.07. The van der Waals surface area contributed by atoms with Crippen molar-refractivity contribution in [2.75, 3.05) is 5.32 Å². The molecule has 0 fully saturated rings. The molecule has 17 heavy (non-hydrogen) atoms. The third kappa shape index (κ3) is 2.76. The van der Waals surface area contributed by atoms with Gasteiger partial charge in [0.1, 0.15) is 0 Å². The number of hydrogen-bond acceptors (Lipinski definition) is 4. The lowest BCUT2D eigenvalue weighted by atomic mass is 10.3. The molecule has 0 unspecified atom stereocenters. The molecule has 2 N–H and O–H groups in total. The van der Waals surface area contributed by atoms with E-state index in [2.05, 4.69) is 10.3 Å². The number of carboxylic acids is 1. The number of anilines is 1. The molecule has 88 valence electrons. The number of oxazole rings is 1. The van der Waals surface area contributed by atoms with E-state index in [9.17, 15) is 4.79 Å². The van der Waals surface area contributed by atoms with Gasteiger partial charge in [-0.3, -0.25) is 0 Å². The lowest BCUT2D eigenvalue weighted by Crippen LogP contribution is -2.00. The van der Waals surface area contributed by atoms with E-state index in [0.29, 0.717) is 10.9 Å². The van der Waals surface area contributed by atoms with Crippen molar-refractivity contribution >= 4 is 23.3 Å². The Balaban J connectivity index is 2.02. The Morgan fingerprint density at radius 3 is 2.88 bits per heavy atom. The van der Waals surface area contributed by atoms with Crippen LogP contribution in [0.5, 0.6) is 0 Å². The second kappa shape index (κ2) is 4.88. The average molecular weight is 253 g/mol. The van der Waals surface area contributed by atoms with Crippen LogP contribution in [0.15, 0.2) is 34.9 Å². The largest absolute Gasteiger partial charge is 0.475 e. The Labute approximate surface area is 102 Å². The normalized spacial score (nSPS) is 10.2. The van der Waals surface area contributed by atoms with Gasteiger partial charge < -0.3 is 14.8 Å². The maximum atomic E-state index is 10.6. The van der Waals surface area contributed by atoms with E-state index >= 15 is 0 Å². The Hall–Kier alpha value is -2.01. The van der Waals surface area contributed by atoms with Crippen LogP contribution in [0.25, 0.3) is 0 Å². The second-order valence-corrected chi connectivity index (χ2v) is 3.66. The van der Waals surface area contributed by atoms with E-state index in [1.807, 2.05) is 18.2 Å². The monoisotopic (exact) mass is 252 g/mol. The lowest BCUT2D eigenvalue weighted by molar-refractivity contribution is 0.0660. The van der Waals surface area contributed by atoms with Crippen molar-refractivity contribution in [1.29, 1.82) is 0 Å². The highest BCUT2D eigenvalue weighted by molar-refractivity contribution is 6.33. The fourth-order valence-electron chi connectivity index (χ4n) is 1.27. The standard InChI is InChI=1S/C11H9ClN2O3/c12-7-3-1-2-4-8(7)13-6-10-14-5-9(17-10)11(15)16/h1-5,13H,6H2,(H,15,16). The second-order valence-electron chi connectivity index (χ2n) is 3.26. The number of hydrogen-bond donors (Lipinski definition) is 2. The lowest BCUT2D eigenvalue weighted by Gasteiger charge is -2.04. The number of aromatic carboxylic acids is 1. The first-order valence-electron chi connectivity index (χ1n) is 4.83. The van der Waals surface area contributed by atoms with Gasteiger partial charge in [-0.15, -0.1) is 0 Å². The molecule has 0 aliphatic carbocycles. The number of para-hydroxylation sites is 1. The first-order valence-corrected chi connectivity index (χ1v) is 5.21. The molecular formula is C11H9ClN2O3. The molecule has 6 heteroatoms. The molecule has 0 saturated heterocycles. The molecule has 0 saturated carbocycles. The molecule has 0 atom stereocenters. The molecule has 0 aliphatic rings. The van der Waals surface area contributed by atoms with Gasteiger partial charge in [-0.05, 0) is 12.1 Å². The number of halogens is 1. The minimum Gasteiger partial charge on any atom is -0.475 e. The molecule has 0 aliphatic heterocycles. The summed E-state index contributed by atoms with van der Waals surface area (Å²) in [5, 5.41) is 12.2. The molecule has 1 heterocycles. The van der Waals surface area contributed by atoms with Gasteiger partial charge in [0.15, 0.2) is 0 Å². The summed E-state index contributed by atoms with van der Waals surface area (Å²) >= 11 is 5.94. The molecule has 2 aromatic rings. The quantitative estimate of drug-likeness (QED) is 0.875. The highest BCUT2D eigenvalue weighted by atomic mass is 35.5. The predicted octanol–water partition coefficient (Wildman–Crippen LogP) is 2.64. The summed E-state index contributed by atoms with van der Waals surface area (Å²) in [6.07, 6.45) is 1.17. The van der Waals surface area contributed by atoms with Crippen LogP contribution in [0.3, 0.4) is 0 Å². The van der Waals surface area contributed by atoms with Crippen LogP contribution in [-0.2, 0) is 6.54 Å². The van der Waals surface area contributed by atoms with E-state index in [4.69, 9.17) is 21.1 Å². The smallest absolute Gasteiger partial charge is 0.373 e. The zero-order chi connectivity index (χ0) is 12.3. The van der Waals surface area contributed by atoms with E-state index in [1.165, 1.54) is 6.20 Å². The number of nitrogens with zero attached hydrogens (tertiary/aromatic N) is 1. The summed E-state index contributed by atoms with van der Waals surface area (Å²) in [5.41, 5.74) is 0.740. The maximum Gasteiger partial charge on any atom is 0.373 e. The van der Waals surface area contributed by atoms with Gasteiger partial charge >= 0.3 is 5.97 Å². The molecule has 5 nitrogen and oxygen atoms in total. The van der Waals surface area contributed by atoms with Crippen molar-refractivity contribution < 1.29 is 14.3 Å². The number of carbonyl (C=O) groups is 1. The van der Waals surface area contributed by atoms with Gasteiger partial charge in [0.05, 0.1) is 23.5 Å². The Bertz CT molecular complexity index is 539. The minimum absolute atomic E-state index is 0.180. The Morgan fingerprint density at radius 1 is 1.47 bits per heavy atom. The summed E-state index contributed by atoms with van der Waals surface area (Å²) in [7, 11) is 0.